The predicted octanol–water partition coefficient (Wildman–Crippen LogP) is 2.81. The highest BCUT2D eigenvalue weighted by molar-refractivity contribution is 7.98. The SMILES string of the molecule is CSc1ccccc1NC(=O)C[NH+](C)[C@H](C)C(=O)Nc1c(C)cc(C)cc1C. The van der Waals surface area contributed by atoms with Gasteiger partial charge in [-0.05, 0) is 57.2 Å². The number of rotatable bonds is 7. The fourth-order valence-electron chi connectivity index (χ4n) is 3.18. The predicted molar refractivity (Wildman–Crippen MR) is 117 cm³/mol. The molecule has 2 aromatic rings. The van der Waals surface area contributed by atoms with E-state index in [0.717, 1.165) is 32.3 Å². The summed E-state index contributed by atoms with van der Waals surface area (Å²) in [5.41, 5.74) is 4.92. The number of aryl methyl sites for hydroxylation is 3. The van der Waals surface area contributed by atoms with Gasteiger partial charge >= 0.3 is 0 Å². The second kappa shape index (κ2) is 9.75. The van der Waals surface area contributed by atoms with E-state index in [-0.39, 0.29) is 24.4 Å². The molecule has 0 saturated carbocycles. The lowest BCUT2D eigenvalue weighted by atomic mass is 10.0. The average molecular weight is 401 g/mol. The van der Waals surface area contributed by atoms with Crippen LogP contribution < -0.4 is 15.5 Å². The van der Waals surface area contributed by atoms with Gasteiger partial charge in [0.05, 0.1) is 12.7 Å². The quantitative estimate of drug-likeness (QED) is 0.627. The van der Waals surface area contributed by atoms with E-state index in [1.165, 1.54) is 5.56 Å². The average Bonchev–Trinajstić information content (AvgIpc) is 2.64. The van der Waals surface area contributed by atoms with Crippen molar-refractivity contribution in [1.29, 1.82) is 0 Å². The number of hydrogen-bond acceptors (Lipinski definition) is 3. The lowest BCUT2D eigenvalue weighted by Crippen LogP contribution is -3.14. The highest BCUT2D eigenvalue weighted by Crippen LogP contribution is 2.24. The zero-order valence-electron chi connectivity index (χ0n) is 17.5. The molecule has 1 unspecified atom stereocenters. The van der Waals surface area contributed by atoms with Gasteiger partial charge in [0.25, 0.3) is 11.8 Å². The molecule has 150 valence electrons. The van der Waals surface area contributed by atoms with Gasteiger partial charge in [0.2, 0.25) is 0 Å². The summed E-state index contributed by atoms with van der Waals surface area (Å²) in [7, 11) is 1.86. The van der Waals surface area contributed by atoms with Gasteiger partial charge in [0.1, 0.15) is 0 Å². The number of quaternary nitrogens is 1. The lowest BCUT2D eigenvalue weighted by molar-refractivity contribution is -0.885. The molecule has 5 nitrogen and oxygen atoms in total. The van der Waals surface area contributed by atoms with Crippen LogP contribution in [0.25, 0.3) is 0 Å². The van der Waals surface area contributed by atoms with Crippen molar-refractivity contribution < 1.29 is 14.5 Å². The van der Waals surface area contributed by atoms with E-state index >= 15 is 0 Å². The number of anilines is 2. The highest BCUT2D eigenvalue weighted by atomic mass is 32.2. The van der Waals surface area contributed by atoms with Crippen molar-refractivity contribution in [2.45, 2.75) is 38.6 Å². The van der Waals surface area contributed by atoms with E-state index in [9.17, 15) is 9.59 Å². The highest BCUT2D eigenvalue weighted by Gasteiger charge is 2.25. The molecule has 2 rings (SSSR count). The standard InChI is InChI=1S/C22H29N3O2S/c1-14-11-15(2)21(16(3)12-14)24-22(27)17(4)25(5)13-20(26)23-18-9-7-8-10-19(18)28-6/h7-12,17H,13H2,1-6H3,(H,23,26)(H,24,27)/p+1/t17-/m1/s1. The number of carbonyl (C=O) groups is 2. The topological polar surface area (TPSA) is 62.6 Å². The Morgan fingerprint density at radius 1 is 1.07 bits per heavy atom. The molecule has 0 saturated heterocycles. The minimum Gasteiger partial charge on any atom is -0.320 e. The zero-order valence-corrected chi connectivity index (χ0v) is 18.3. The number of benzene rings is 2. The number of likely N-dealkylation sites (N-methyl/N-ethyl adjacent to an activating group) is 1. The summed E-state index contributed by atoms with van der Waals surface area (Å²) < 4.78 is 0. The maximum absolute atomic E-state index is 12.7. The van der Waals surface area contributed by atoms with Gasteiger partial charge in [-0.1, -0.05) is 29.8 Å². The van der Waals surface area contributed by atoms with Crippen molar-refractivity contribution in [3.05, 3.63) is 53.1 Å². The summed E-state index contributed by atoms with van der Waals surface area (Å²) in [5.74, 6) is -0.203. The molecule has 0 heterocycles. The van der Waals surface area contributed by atoms with Gasteiger partial charge in [0.15, 0.2) is 12.6 Å². The molecule has 0 aliphatic heterocycles. The van der Waals surface area contributed by atoms with Crippen LogP contribution >= 0.6 is 11.8 Å². The van der Waals surface area contributed by atoms with Gasteiger partial charge in [-0.2, -0.15) is 0 Å². The Hall–Kier alpha value is -2.31. The lowest BCUT2D eigenvalue weighted by Gasteiger charge is -2.22. The third-order valence-corrected chi connectivity index (χ3v) is 5.67. The van der Waals surface area contributed by atoms with Crippen LogP contribution in [-0.2, 0) is 9.59 Å². The van der Waals surface area contributed by atoms with Crippen LogP contribution in [0, 0.1) is 20.8 Å². The van der Waals surface area contributed by atoms with Crippen molar-refractivity contribution >= 4 is 35.0 Å². The molecule has 0 fully saturated rings. The Kier molecular flexibility index (Phi) is 7.66. The number of para-hydroxylation sites is 1. The number of nitrogens with one attached hydrogen (secondary N) is 3. The molecular weight excluding hydrogens is 370 g/mol. The monoisotopic (exact) mass is 400 g/mol. The fourth-order valence-corrected chi connectivity index (χ4v) is 3.73. The zero-order chi connectivity index (χ0) is 20.8. The van der Waals surface area contributed by atoms with E-state index in [1.54, 1.807) is 11.8 Å². The second-order valence-electron chi connectivity index (χ2n) is 7.26. The molecule has 3 N–H and O–H groups in total. The number of thioether (sulfide) groups is 1. The molecular formula is C22H30N3O2S+. The molecule has 2 atom stereocenters. The molecule has 0 spiro atoms. The van der Waals surface area contributed by atoms with Crippen molar-refractivity contribution in [1.82, 2.24) is 0 Å². The largest absolute Gasteiger partial charge is 0.320 e. The normalized spacial score (nSPS) is 12.9. The molecule has 0 aromatic heterocycles. The van der Waals surface area contributed by atoms with Gasteiger partial charge in [-0.25, -0.2) is 0 Å². The summed E-state index contributed by atoms with van der Waals surface area (Å²) >= 11 is 1.59. The molecule has 0 aliphatic carbocycles. The Labute approximate surface area is 171 Å². The third-order valence-electron chi connectivity index (χ3n) is 4.88. The molecule has 6 heteroatoms. The van der Waals surface area contributed by atoms with E-state index in [4.69, 9.17) is 0 Å². The van der Waals surface area contributed by atoms with Crippen molar-refractivity contribution in [2.24, 2.45) is 0 Å². The Balaban J connectivity index is 1.99. The van der Waals surface area contributed by atoms with E-state index < -0.39 is 0 Å². The van der Waals surface area contributed by atoms with Crippen LogP contribution in [0.15, 0.2) is 41.3 Å². The molecule has 0 aliphatic rings. The van der Waals surface area contributed by atoms with Crippen LogP contribution in [0.1, 0.15) is 23.6 Å². The number of carbonyl (C=O) groups excluding carboxylic acids is 2. The van der Waals surface area contributed by atoms with Gasteiger partial charge in [-0.15, -0.1) is 11.8 Å². The molecule has 0 radical (unpaired) electrons. The van der Waals surface area contributed by atoms with Crippen LogP contribution in [0.4, 0.5) is 11.4 Å². The summed E-state index contributed by atoms with van der Waals surface area (Å²) in [5, 5.41) is 5.98. The first kappa shape index (κ1) is 22.0. The van der Waals surface area contributed by atoms with Gasteiger partial charge in [0, 0.05) is 10.6 Å². The first-order valence-electron chi connectivity index (χ1n) is 9.36. The number of hydrogen-bond donors (Lipinski definition) is 3. The molecule has 0 bridgehead atoms. The number of amides is 2. The summed E-state index contributed by atoms with van der Waals surface area (Å²) in [4.78, 5) is 27.0. The summed E-state index contributed by atoms with van der Waals surface area (Å²) in [6.45, 7) is 8.08. The van der Waals surface area contributed by atoms with Gasteiger partial charge < -0.3 is 15.5 Å². The van der Waals surface area contributed by atoms with Crippen molar-refractivity contribution in [2.75, 3.05) is 30.5 Å². The van der Waals surface area contributed by atoms with E-state index in [1.807, 2.05) is 65.3 Å². The fraction of sp³-hybridized carbons (Fsp3) is 0.364. The Morgan fingerprint density at radius 2 is 1.68 bits per heavy atom. The van der Waals surface area contributed by atoms with Crippen LogP contribution in [-0.4, -0.2) is 37.7 Å². The van der Waals surface area contributed by atoms with Crippen molar-refractivity contribution in [3.8, 4) is 0 Å². The first-order chi connectivity index (χ1) is 13.2. The van der Waals surface area contributed by atoms with E-state index in [2.05, 4.69) is 22.8 Å². The maximum Gasteiger partial charge on any atom is 0.282 e. The first-order valence-corrected chi connectivity index (χ1v) is 10.6. The van der Waals surface area contributed by atoms with Crippen LogP contribution in [0.5, 0.6) is 0 Å². The van der Waals surface area contributed by atoms with E-state index in [0.29, 0.717) is 0 Å². The van der Waals surface area contributed by atoms with Gasteiger partial charge in [-0.3, -0.25) is 9.59 Å². The Morgan fingerprint density at radius 3 is 2.29 bits per heavy atom. The third kappa shape index (κ3) is 5.59. The smallest absolute Gasteiger partial charge is 0.282 e. The van der Waals surface area contributed by atoms with Crippen molar-refractivity contribution in [3.63, 3.8) is 0 Å². The minimum absolute atomic E-state index is 0.0927. The minimum atomic E-state index is -0.360. The summed E-state index contributed by atoms with van der Waals surface area (Å²) in [6, 6.07) is 11.5. The molecule has 2 amide bonds. The Bertz CT molecular complexity index is 844. The second-order valence-corrected chi connectivity index (χ2v) is 8.10. The summed E-state index contributed by atoms with van der Waals surface area (Å²) in [6.07, 6.45) is 1.98. The van der Waals surface area contributed by atoms with Crippen LogP contribution in [0.2, 0.25) is 0 Å². The molecule has 2 aromatic carbocycles. The maximum atomic E-state index is 12.7. The van der Waals surface area contributed by atoms with Crippen LogP contribution in [0.3, 0.4) is 0 Å². The molecule has 28 heavy (non-hydrogen) atoms.